The molecule has 0 unspecified atom stereocenters. The van der Waals surface area contributed by atoms with Crippen LogP contribution in [0.4, 0.5) is 10.2 Å². The fraction of sp³-hybridized carbons (Fsp3) is 0.235. The van der Waals surface area contributed by atoms with Gasteiger partial charge in [-0.3, -0.25) is 9.69 Å². The molecule has 25 heavy (non-hydrogen) atoms. The number of hydrogen-bond acceptors (Lipinski definition) is 5. The zero-order valence-electron chi connectivity index (χ0n) is 13.7. The van der Waals surface area contributed by atoms with Crippen molar-refractivity contribution in [3.63, 3.8) is 0 Å². The third kappa shape index (κ3) is 3.45. The van der Waals surface area contributed by atoms with E-state index >= 15 is 0 Å². The van der Waals surface area contributed by atoms with Gasteiger partial charge in [-0.1, -0.05) is 12.1 Å². The summed E-state index contributed by atoms with van der Waals surface area (Å²) in [5, 5.41) is 9.85. The number of anilines is 1. The molecule has 130 valence electrons. The Morgan fingerprint density at radius 2 is 2.08 bits per heavy atom. The van der Waals surface area contributed by atoms with Gasteiger partial charge in [0.15, 0.2) is 0 Å². The van der Waals surface area contributed by atoms with Crippen LogP contribution < -0.4 is 4.90 Å². The predicted molar refractivity (Wildman–Crippen MR) is 94.0 cm³/mol. The fourth-order valence-electron chi connectivity index (χ4n) is 2.49. The van der Waals surface area contributed by atoms with Crippen molar-refractivity contribution in [2.75, 3.05) is 4.90 Å². The number of carbonyl (C=O) groups excluding carboxylic acids is 1. The number of aliphatic hydroxyl groups is 1. The van der Waals surface area contributed by atoms with E-state index in [2.05, 4.69) is 15.0 Å². The minimum Gasteiger partial charge on any atom is -0.389 e. The number of rotatable bonds is 5. The van der Waals surface area contributed by atoms with E-state index in [4.69, 9.17) is 0 Å². The molecule has 0 radical (unpaired) electrons. The van der Waals surface area contributed by atoms with E-state index in [-0.39, 0.29) is 30.1 Å². The molecule has 8 heteroatoms. The highest BCUT2D eigenvalue weighted by atomic mass is 32.1. The summed E-state index contributed by atoms with van der Waals surface area (Å²) in [5.74, 6) is -0.108. The van der Waals surface area contributed by atoms with Crippen LogP contribution in [0.2, 0.25) is 0 Å². The van der Waals surface area contributed by atoms with E-state index in [0.717, 1.165) is 0 Å². The average molecular weight is 360 g/mol. The van der Waals surface area contributed by atoms with E-state index in [1.54, 1.807) is 23.2 Å². The molecule has 0 aliphatic heterocycles. The fourth-order valence-corrected chi connectivity index (χ4v) is 3.41. The molecule has 2 N–H and O–H groups in total. The number of imidazole rings is 1. The summed E-state index contributed by atoms with van der Waals surface area (Å²) in [6.45, 7) is 3.50. The van der Waals surface area contributed by atoms with Crippen molar-refractivity contribution in [3.05, 3.63) is 53.3 Å². The molecule has 1 aromatic carbocycles. The van der Waals surface area contributed by atoms with Gasteiger partial charge in [-0.05, 0) is 31.5 Å². The van der Waals surface area contributed by atoms with Crippen LogP contribution in [0.25, 0.3) is 10.4 Å². The lowest BCUT2D eigenvalue weighted by atomic mass is 10.1. The first-order chi connectivity index (χ1) is 12.0. The van der Waals surface area contributed by atoms with Gasteiger partial charge in [0, 0.05) is 6.04 Å². The molecular weight excluding hydrogens is 343 g/mol. The highest BCUT2D eigenvalue weighted by molar-refractivity contribution is 7.15. The normalized spacial score (nSPS) is 11.1. The number of benzene rings is 1. The lowest BCUT2D eigenvalue weighted by Crippen LogP contribution is -2.37. The Hall–Kier alpha value is -2.58. The van der Waals surface area contributed by atoms with E-state index in [1.807, 2.05) is 13.8 Å². The van der Waals surface area contributed by atoms with Crippen molar-refractivity contribution < 1.29 is 14.3 Å². The molecule has 0 atom stereocenters. The second kappa shape index (κ2) is 7.12. The van der Waals surface area contributed by atoms with Gasteiger partial charge in [0.2, 0.25) is 0 Å². The highest BCUT2D eigenvalue weighted by Gasteiger charge is 2.27. The second-order valence-electron chi connectivity index (χ2n) is 5.66. The van der Waals surface area contributed by atoms with E-state index in [9.17, 15) is 14.3 Å². The van der Waals surface area contributed by atoms with Crippen LogP contribution in [0, 0.1) is 5.82 Å². The number of nitrogens with one attached hydrogen (secondary N) is 1. The van der Waals surface area contributed by atoms with E-state index < -0.39 is 0 Å². The first kappa shape index (κ1) is 17.2. The van der Waals surface area contributed by atoms with Crippen LogP contribution in [0.3, 0.4) is 0 Å². The molecular formula is C17H17FN4O2S. The first-order valence-electron chi connectivity index (χ1n) is 7.69. The zero-order valence-corrected chi connectivity index (χ0v) is 14.5. The number of carbonyl (C=O) groups is 1. The van der Waals surface area contributed by atoms with E-state index in [0.29, 0.717) is 21.3 Å². The SMILES string of the molecule is CC(C)N(C(=O)c1nc(CO)sc1-c1ccc(F)cc1)c1cnc[nH]1. The lowest BCUT2D eigenvalue weighted by Gasteiger charge is -2.24. The molecule has 3 rings (SSSR count). The Morgan fingerprint density at radius 1 is 1.36 bits per heavy atom. The molecule has 0 fully saturated rings. The largest absolute Gasteiger partial charge is 0.389 e. The maximum Gasteiger partial charge on any atom is 0.279 e. The topological polar surface area (TPSA) is 82.1 Å². The summed E-state index contributed by atoms with van der Waals surface area (Å²) in [6.07, 6.45) is 3.06. The van der Waals surface area contributed by atoms with Crippen molar-refractivity contribution >= 4 is 23.1 Å². The van der Waals surface area contributed by atoms with Crippen molar-refractivity contribution in [3.8, 4) is 10.4 Å². The molecule has 0 saturated heterocycles. The Bertz CT molecular complexity index is 859. The number of thiazole rings is 1. The monoisotopic (exact) mass is 360 g/mol. The zero-order chi connectivity index (χ0) is 18.0. The smallest absolute Gasteiger partial charge is 0.279 e. The molecule has 0 aliphatic rings. The molecule has 2 aromatic heterocycles. The molecule has 2 heterocycles. The van der Waals surface area contributed by atoms with Crippen molar-refractivity contribution in [1.82, 2.24) is 15.0 Å². The van der Waals surface area contributed by atoms with Crippen molar-refractivity contribution in [2.24, 2.45) is 0 Å². The van der Waals surface area contributed by atoms with Crippen LogP contribution in [-0.2, 0) is 6.61 Å². The minimum absolute atomic E-state index is 0.131. The van der Waals surface area contributed by atoms with Gasteiger partial charge in [-0.25, -0.2) is 14.4 Å². The van der Waals surface area contributed by atoms with Gasteiger partial charge in [-0.15, -0.1) is 11.3 Å². The minimum atomic E-state index is -0.357. The molecule has 1 amide bonds. The van der Waals surface area contributed by atoms with Crippen molar-refractivity contribution in [2.45, 2.75) is 26.5 Å². The van der Waals surface area contributed by atoms with Gasteiger partial charge >= 0.3 is 0 Å². The summed E-state index contributed by atoms with van der Waals surface area (Å²) in [4.78, 5) is 26.5. The molecule has 6 nitrogen and oxygen atoms in total. The number of aromatic amines is 1. The summed E-state index contributed by atoms with van der Waals surface area (Å²) >= 11 is 1.22. The van der Waals surface area contributed by atoms with Crippen LogP contribution in [0.1, 0.15) is 29.3 Å². The van der Waals surface area contributed by atoms with Gasteiger partial charge in [-0.2, -0.15) is 0 Å². The standard InChI is InChI=1S/C17H17FN4O2S/c1-10(2)22(13-7-19-9-20-13)17(24)15-16(25-14(8-23)21-15)11-3-5-12(18)6-4-11/h3-7,9-10,23H,8H2,1-2H3,(H,19,20). The molecule has 0 saturated carbocycles. The number of hydrogen-bond donors (Lipinski definition) is 2. The first-order valence-corrected chi connectivity index (χ1v) is 8.51. The van der Waals surface area contributed by atoms with Crippen LogP contribution in [0.5, 0.6) is 0 Å². The number of nitrogens with zero attached hydrogens (tertiary/aromatic N) is 3. The molecule has 3 aromatic rings. The highest BCUT2D eigenvalue weighted by Crippen LogP contribution is 2.32. The van der Waals surface area contributed by atoms with Gasteiger partial charge in [0.1, 0.15) is 22.3 Å². The summed E-state index contributed by atoms with van der Waals surface area (Å²) in [5.41, 5.74) is 0.902. The third-order valence-electron chi connectivity index (χ3n) is 3.59. The predicted octanol–water partition coefficient (Wildman–Crippen LogP) is 3.22. The van der Waals surface area contributed by atoms with Gasteiger partial charge in [0.25, 0.3) is 5.91 Å². The summed E-state index contributed by atoms with van der Waals surface area (Å²) < 4.78 is 13.2. The average Bonchev–Trinajstić information content (AvgIpc) is 3.24. The second-order valence-corrected chi connectivity index (χ2v) is 6.74. The molecule has 0 bridgehead atoms. The van der Waals surface area contributed by atoms with Crippen LogP contribution in [-0.4, -0.2) is 32.0 Å². The third-order valence-corrected chi connectivity index (χ3v) is 4.68. The maximum absolute atomic E-state index is 13.2. The maximum atomic E-state index is 13.2. The number of aliphatic hydroxyl groups excluding tert-OH is 1. The number of amides is 1. The van der Waals surface area contributed by atoms with Crippen molar-refractivity contribution in [1.29, 1.82) is 0 Å². The Labute approximate surface area is 148 Å². The number of H-pyrrole nitrogens is 1. The van der Waals surface area contributed by atoms with Crippen LogP contribution >= 0.6 is 11.3 Å². The molecule has 0 aliphatic carbocycles. The Morgan fingerprint density at radius 3 is 2.64 bits per heavy atom. The summed E-state index contributed by atoms with van der Waals surface area (Å²) in [6, 6.07) is 5.72. The Kier molecular flexibility index (Phi) is 4.91. The lowest BCUT2D eigenvalue weighted by molar-refractivity contribution is 0.0975. The van der Waals surface area contributed by atoms with E-state index in [1.165, 1.54) is 29.8 Å². The summed E-state index contributed by atoms with van der Waals surface area (Å²) in [7, 11) is 0. The number of halogens is 1. The van der Waals surface area contributed by atoms with Gasteiger partial charge < -0.3 is 10.1 Å². The quantitative estimate of drug-likeness (QED) is 0.732. The Balaban J connectivity index is 2.07. The van der Waals surface area contributed by atoms with Crippen LogP contribution in [0.15, 0.2) is 36.8 Å². The number of aromatic nitrogens is 3. The molecule has 0 spiro atoms. The van der Waals surface area contributed by atoms with Gasteiger partial charge in [0.05, 0.1) is 24.0 Å².